The van der Waals surface area contributed by atoms with Gasteiger partial charge in [-0.05, 0) is 30.7 Å². The molecule has 0 spiro atoms. The van der Waals surface area contributed by atoms with Crippen LogP contribution in [0.15, 0.2) is 54.6 Å². The van der Waals surface area contributed by atoms with E-state index in [-0.39, 0.29) is 13.0 Å². The number of benzene rings is 2. The number of hydrogen-bond acceptors (Lipinski definition) is 6. The number of imide groups is 1. The molecule has 2 aromatic rings. The molecule has 0 bridgehead atoms. The van der Waals surface area contributed by atoms with Crippen LogP contribution in [0.5, 0.6) is 0 Å². The van der Waals surface area contributed by atoms with Crippen LogP contribution in [-0.2, 0) is 14.3 Å². The van der Waals surface area contributed by atoms with Crippen molar-refractivity contribution < 1.29 is 23.9 Å². The minimum Gasteiger partial charge on any atom is -0.456 e. The first kappa shape index (κ1) is 22.0. The first-order valence-electron chi connectivity index (χ1n) is 10.1. The average molecular weight is 423 g/mol. The average Bonchev–Trinajstić information content (AvgIpc) is 3.04. The molecule has 0 aromatic heterocycles. The Bertz CT molecular complexity index is 926. The van der Waals surface area contributed by atoms with Crippen LogP contribution in [-0.4, -0.2) is 61.9 Å². The minimum absolute atomic E-state index is 0.0847. The van der Waals surface area contributed by atoms with E-state index >= 15 is 0 Å². The summed E-state index contributed by atoms with van der Waals surface area (Å²) >= 11 is 0. The summed E-state index contributed by atoms with van der Waals surface area (Å²) in [6, 6.07) is 16.4. The predicted octanol–water partition coefficient (Wildman–Crippen LogP) is 1.86. The van der Waals surface area contributed by atoms with Gasteiger partial charge in [0.1, 0.15) is 0 Å². The van der Waals surface area contributed by atoms with Crippen molar-refractivity contribution in [1.82, 2.24) is 10.2 Å². The molecule has 1 aliphatic heterocycles. The zero-order valence-corrected chi connectivity index (χ0v) is 17.4. The van der Waals surface area contributed by atoms with Gasteiger partial charge in [-0.1, -0.05) is 30.3 Å². The van der Waals surface area contributed by atoms with Crippen LogP contribution in [0, 0.1) is 0 Å². The molecule has 1 aliphatic rings. The van der Waals surface area contributed by atoms with E-state index < -0.39 is 30.3 Å². The number of nitrogens with zero attached hydrogens (tertiary/aromatic N) is 2. The summed E-state index contributed by atoms with van der Waals surface area (Å²) in [6.45, 7) is 0.751. The van der Waals surface area contributed by atoms with E-state index in [1.165, 1.54) is 0 Å². The summed E-state index contributed by atoms with van der Waals surface area (Å²) in [5.41, 5.74) is 1.76. The molecule has 162 valence electrons. The Morgan fingerprint density at radius 1 is 0.968 bits per heavy atom. The second-order valence-electron chi connectivity index (χ2n) is 7.18. The maximum Gasteiger partial charge on any atom is 0.308 e. The van der Waals surface area contributed by atoms with E-state index in [0.717, 1.165) is 23.6 Å². The minimum atomic E-state index is -0.643. The fraction of sp³-hybridized carbons (Fsp3) is 0.304. The number of rotatable bonds is 10. The molecule has 3 amide bonds. The van der Waals surface area contributed by atoms with Crippen molar-refractivity contribution in [2.24, 2.45) is 0 Å². The Kier molecular flexibility index (Phi) is 7.37. The van der Waals surface area contributed by atoms with E-state index in [4.69, 9.17) is 4.74 Å². The van der Waals surface area contributed by atoms with Crippen molar-refractivity contribution >= 4 is 29.4 Å². The molecule has 1 N–H and O–H groups in total. The van der Waals surface area contributed by atoms with Gasteiger partial charge in [-0.15, -0.1) is 0 Å². The van der Waals surface area contributed by atoms with Crippen LogP contribution < -0.4 is 10.2 Å². The Labute approximate surface area is 180 Å². The van der Waals surface area contributed by atoms with Crippen molar-refractivity contribution in [1.29, 1.82) is 0 Å². The smallest absolute Gasteiger partial charge is 0.308 e. The number of carbonyl (C=O) groups is 4. The highest BCUT2D eigenvalue weighted by Crippen LogP contribution is 2.22. The van der Waals surface area contributed by atoms with Crippen LogP contribution >= 0.6 is 0 Å². The Hall–Kier alpha value is -3.68. The second kappa shape index (κ2) is 10.4. The molecule has 0 saturated heterocycles. The van der Waals surface area contributed by atoms with Gasteiger partial charge in [-0.25, -0.2) is 0 Å². The maximum absolute atomic E-state index is 12.3. The predicted molar refractivity (Wildman–Crippen MR) is 115 cm³/mol. The van der Waals surface area contributed by atoms with Crippen LogP contribution in [0.4, 0.5) is 5.69 Å². The molecule has 0 atom stereocenters. The van der Waals surface area contributed by atoms with Gasteiger partial charge in [-0.2, -0.15) is 0 Å². The summed E-state index contributed by atoms with van der Waals surface area (Å²) in [4.78, 5) is 51.4. The SMILES string of the molecule is CN(CCCNC(=O)COC(=O)CCN1C(=O)c2ccccc2C1=O)c1ccccc1. The molecule has 0 aliphatic carbocycles. The summed E-state index contributed by atoms with van der Waals surface area (Å²) < 4.78 is 4.95. The molecule has 0 radical (unpaired) electrons. The number of carbonyl (C=O) groups excluding carboxylic acids is 4. The second-order valence-corrected chi connectivity index (χ2v) is 7.18. The highest BCUT2D eigenvalue weighted by Gasteiger charge is 2.35. The molecular formula is C23H25N3O5. The quantitative estimate of drug-likeness (QED) is 0.356. The van der Waals surface area contributed by atoms with Crippen LogP contribution in [0.25, 0.3) is 0 Å². The number of para-hydroxylation sites is 1. The lowest BCUT2D eigenvalue weighted by Gasteiger charge is -2.19. The number of anilines is 1. The van der Waals surface area contributed by atoms with E-state index in [1.807, 2.05) is 37.4 Å². The van der Waals surface area contributed by atoms with Gasteiger partial charge in [0.15, 0.2) is 6.61 Å². The Morgan fingerprint density at radius 3 is 2.23 bits per heavy atom. The lowest BCUT2D eigenvalue weighted by Crippen LogP contribution is -2.34. The standard InChI is InChI=1S/C23H25N3O5/c1-25(17-8-3-2-4-9-17)14-7-13-24-20(27)16-31-21(28)12-15-26-22(29)18-10-5-6-11-19(18)23(26)30/h2-6,8-11H,7,12-16H2,1H3,(H,24,27). The zero-order chi connectivity index (χ0) is 22.2. The summed E-state index contributed by atoms with van der Waals surface area (Å²) in [5.74, 6) is -1.88. The molecule has 8 heteroatoms. The summed E-state index contributed by atoms with van der Waals surface area (Å²) in [5, 5.41) is 2.71. The van der Waals surface area contributed by atoms with Gasteiger partial charge < -0.3 is 15.0 Å². The van der Waals surface area contributed by atoms with Gasteiger partial charge in [0.25, 0.3) is 17.7 Å². The fourth-order valence-corrected chi connectivity index (χ4v) is 3.27. The van der Waals surface area contributed by atoms with E-state index in [9.17, 15) is 19.2 Å². The van der Waals surface area contributed by atoms with Crippen molar-refractivity contribution in [3.8, 4) is 0 Å². The van der Waals surface area contributed by atoms with Crippen molar-refractivity contribution in [3.05, 3.63) is 65.7 Å². The monoisotopic (exact) mass is 423 g/mol. The summed E-state index contributed by atoms with van der Waals surface area (Å²) in [7, 11) is 1.98. The van der Waals surface area contributed by atoms with Crippen LogP contribution in [0.3, 0.4) is 0 Å². The molecular weight excluding hydrogens is 398 g/mol. The number of ether oxygens (including phenoxy) is 1. The molecule has 0 saturated carbocycles. The largest absolute Gasteiger partial charge is 0.456 e. The van der Waals surface area contributed by atoms with Crippen molar-refractivity contribution in [3.63, 3.8) is 0 Å². The Balaban J connectivity index is 1.31. The van der Waals surface area contributed by atoms with Crippen molar-refractivity contribution in [2.75, 3.05) is 38.2 Å². The topological polar surface area (TPSA) is 96.0 Å². The molecule has 0 fully saturated rings. The highest BCUT2D eigenvalue weighted by atomic mass is 16.5. The number of hydrogen-bond donors (Lipinski definition) is 1. The van der Waals surface area contributed by atoms with Crippen LogP contribution in [0.2, 0.25) is 0 Å². The van der Waals surface area contributed by atoms with Gasteiger partial charge in [-0.3, -0.25) is 24.1 Å². The molecule has 31 heavy (non-hydrogen) atoms. The first-order chi connectivity index (χ1) is 15.0. The third kappa shape index (κ3) is 5.69. The molecule has 2 aromatic carbocycles. The summed E-state index contributed by atoms with van der Waals surface area (Å²) in [6.07, 6.45) is 0.575. The van der Waals surface area contributed by atoms with E-state index in [0.29, 0.717) is 17.7 Å². The zero-order valence-electron chi connectivity index (χ0n) is 17.4. The lowest BCUT2D eigenvalue weighted by molar-refractivity contribution is -0.148. The van der Waals surface area contributed by atoms with Gasteiger partial charge in [0.05, 0.1) is 17.5 Å². The van der Waals surface area contributed by atoms with Gasteiger partial charge >= 0.3 is 5.97 Å². The lowest BCUT2D eigenvalue weighted by atomic mass is 10.1. The molecule has 0 unspecified atom stereocenters. The first-order valence-corrected chi connectivity index (χ1v) is 10.1. The third-order valence-electron chi connectivity index (χ3n) is 4.97. The number of esters is 1. The third-order valence-corrected chi connectivity index (χ3v) is 4.97. The normalized spacial score (nSPS) is 12.5. The Morgan fingerprint density at radius 2 is 1.58 bits per heavy atom. The molecule has 8 nitrogen and oxygen atoms in total. The maximum atomic E-state index is 12.3. The van der Waals surface area contributed by atoms with E-state index in [2.05, 4.69) is 10.2 Å². The fourth-order valence-electron chi connectivity index (χ4n) is 3.27. The molecule has 1 heterocycles. The van der Waals surface area contributed by atoms with Crippen molar-refractivity contribution in [2.45, 2.75) is 12.8 Å². The number of fused-ring (bicyclic) bond motifs is 1. The number of amides is 3. The van der Waals surface area contributed by atoms with Gasteiger partial charge in [0, 0.05) is 32.4 Å². The van der Waals surface area contributed by atoms with Gasteiger partial charge in [0.2, 0.25) is 0 Å². The van der Waals surface area contributed by atoms with E-state index in [1.54, 1.807) is 24.3 Å². The highest BCUT2D eigenvalue weighted by molar-refractivity contribution is 6.21. The molecule has 3 rings (SSSR count). The number of nitrogens with one attached hydrogen (secondary N) is 1. The van der Waals surface area contributed by atoms with Crippen LogP contribution in [0.1, 0.15) is 33.6 Å².